The van der Waals surface area contributed by atoms with Crippen molar-refractivity contribution in [3.05, 3.63) is 41.8 Å². The van der Waals surface area contributed by atoms with Crippen molar-refractivity contribution >= 4 is 0 Å². The lowest BCUT2D eigenvalue weighted by atomic mass is 9.51. The molecule has 1 heterocycles. The predicted octanol–water partition coefficient (Wildman–Crippen LogP) is 3.39. The molecule has 4 aliphatic rings. The predicted molar refractivity (Wildman–Crippen MR) is 93.2 cm³/mol. The summed E-state index contributed by atoms with van der Waals surface area (Å²) in [6.45, 7) is 0.721. The number of benzene rings is 1. The molecular weight excluding hydrogens is 317 g/mol. The van der Waals surface area contributed by atoms with Gasteiger partial charge in [0.05, 0.1) is 17.5 Å². The fourth-order valence-electron chi connectivity index (χ4n) is 6.02. The van der Waals surface area contributed by atoms with Crippen molar-refractivity contribution in [1.29, 1.82) is 0 Å². The van der Waals surface area contributed by atoms with Crippen LogP contribution in [0.4, 0.5) is 4.39 Å². The molecule has 1 aromatic carbocycles. The topological polar surface area (TPSA) is 60.9 Å². The average Bonchev–Trinajstić information content (AvgIpc) is 3.00. The highest BCUT2D eigenvalue weighted by atomic mass is 19.1. The number of H-pyrrole nitrogens is 1. The first-order valence-corrected chi connectivity index (χ1v) is 9.28. The van der Waals surface area contributed by atoms with Crippen LogP contribution >= 0.6 is 0 Å². The van der Waals surface area contributed by atoms with E-state index in [-0.39, 0.29) is 11.4 Å². The van der Waals surface area contributed by atoms with Gasteiger partial charge in [-0.2, -0.15) is 5.10 Å². The standard InChI is InChI=1S/C20H24FN3O/c21-17-3-1-15(2-4-17)18-16(11-23-24-18)10-22-19-6-13-5-14(7-19)9-20(25,8-13)12-19/h1-4,11,13-14,22,25H,5-10,12H2,(H,23,24)/t13-,14-,19?,20?/m1/s1. The summed E-state index contributed by atoms with van der Waals surface area (Å²) in [4.78, 5) is 0. The van der Waals surface area contributed by atoms with E-state index in [9.17, 15) is 9.50 Å². The van der Waals surface area contributed by atoms with E-state index in [1.54, 1.807) is 12.1 Å². The fraction of sp³-hybridized carbons (Fsp3) is 0.550. The quantitative estimate of drug-likeness (QED) is 0.799. The maximum atomic E-state index is 13.2. The first-order valence-electron chi connectivity index (χ1n) is 9.28. The Bertz CT molecular complexity index is 770. The number of nitrogens with zero attached hydrogens (tertiary/aromatic N) is 1. The lowest BCUT2D eigenvalue weighted by molar-refractivity contribution is -0.142. The van der Waals surface area contributed by atoms with E-state index in [1.807, 2.05) is 6.20 Å². The van der Waals surface area contributed by atoms with Crippen LogP contribution in [0.15, 0.2) is 30.5 Å². The number of halogens is 1. The summed E-state index contributed by atoms with van der Waals surface area (Å²) in [6, 6.07) is 6.50. The van der Waals surface area contributed by atoms with Gasteiger partial charge in [0.15, 0.2) is 0 Å². The maximum absolute atomic E-state index is 13.2. The highest BCUT2D eigenvalue weighted by Gasteiger charge is 2.56. The molecule has 2 atom stereocenters. The SMILES string of the molecule is OC12C[C@@H]3C[C@@H](C1)CC(NCc1cn[nH]c1-c1ccc(F)cc1)(C3)C2. The molecule has 4 aliphatic carbocycles. The Hall–Kier alpha value is -1.72. The Morgan fingerprint density at radius 1 is 1.16 bits per heavy atom. The van der Waals surface area contributed by atoms with E-state index in [0.717, 1.165) is 42.6 Å². The minimum atomic E-state index is -0.451. The van der Waals surface area contributed by atoms with Crippen LogP contribution in [-0.4, -0.2) is 26.4 Å². The van der Waals surface area contributed by atoms with Gasteiger partial charge in [-0.3, -0.25) is 5.10 Å². The van der Waals surface area contributed by atoms with E-state index in [1.165, 1.54) is 31.4 Å². The molecule has 1 aromatic heterocycles. The number of aliphatic hydroxyl groups is 1. The molecule has 0 unspecified atom stereocenters. The molecular formula is C20H24FN3O. The molecule has 4 fully saturated rings. The fourth-order valence-corrected chi connectivity index (χ4v) is 6.02. The molecule has 0 saturated heterocycles. The lowest BCUT2D eigenvalue weighted by Gasteiger charge is -2.60. The van der Waals surface area contributed by atoms with E-state index in [4.69, 9.17) is 0 Å². The third-order valence-corrected chi connectivity index (χ3v) is 6.53. The van der Waals surface area contributed by atoms with Gasteiger partial charge >= 0.3 is 0 Å². The van der Waals surface area contributed by atoms with E-state index < -0.39 is 5.60 Å². The molecule has 25 heavy (non-hydrogen) atoms. The molecule has 2 aromatic rings. The van der Waals surface area contributed by atoms with Gasteiger partial charge in [0.25, 0.3) is 0 Å². The average molecular weight is 341 g/mol. The van der Waals surface area contributed by atoms with Crippen molar-refractivity contribution in [3.63, 3.8) is 0 Å². The summed E-state index contributed by atoms with van der Waals surface area (Å²) in [5.41, 5.74) is 2.59. The Morgan fingerprint density at radius 3 is 2.56 bits per heavy atom. The molecule has 0 aliphatic heterocycles. The minimum absolute atomic E-state index is 0.0656. The summed E-state index contributed by atoms with van der Waals surface area (Å²) >= 11 is 0. The first kappa shape index (κ1) is 15.5. The summed E-state index contributed by atoms with van der Waals surface area (Å²) in [6.07, 6.45) is 8.33. The molecule has 4 saturated carbocycles. The van der Waals surface area contributed by atoms with Crippen molar-refractivity contribution in [1.82, 2.24) is 15.5 Å². The highest BCUT2D eigenvalue weighted by molar-refractivity contribution is 5.62. The molecule has 0 amide bonds. The van der Waals surface area contributed by atoms with Gasteiger partial charge < -0.3 is 10.4 Å². The van der Waals surface area contributed by atoms with Gasteiger partial charge in [-0.1, -0.05) is 0 Å². The molecule has 5 heteroatoms. The summed E-state index contributed by atoms with van der Waals surface area (Å²) < 4.78 is 13.2. The summed E-state index contributed by atoms with van der Waals surface area (Å²) in [5.74, 6) is 1.10. The third-order valence-electron chi connectivity index (χ3n) is 6.53. The van der Waals surface area contributed by atoms with Crippen LogP contribution in [0.5, 0.6) is 0 Å². The summed E-state index contributed by atoms with van der Waals surface area (Å²) in [7, 11) is 0. The van der Waals surface area contributed by atoms with Crippen molar-refractivity contribution in [2.75, 3.05) is 0 Å². The Balaban J connectivity index is 1.36. The van der Waals surface area contributed by atoms with Crippen LogP contribution < -0.4 is 5.32 Å². The molecule has 3 N–H and O–H groups in total. The van der Waals surface area contributed by atoms with Gasteiger partial charge in [-0.25, -0.2) is 4.39 Å². The largest absolute Gasteiger partial charge is 0.390 e. The van der Waals surface area contributed by atoms with Crippen LogP contribution in [-0.2, 0) is 6.54 Å². The zero-order chi connectivity index (χ0) is 17.1. The molecule has 132 valence electrons. The number of rotatable bonds is 4. The molecule has 0 radical (unpaired) electrons. The van der Waals surface area contributed by atoms with Crippen molar-refractivity contribution < 1.29 is 9.50 Å². The molecule has 6 rings (SSSR count). The number of hydrogen-bond donors (Lipinski definition) is 3. The van der Waals surface area contributed by atoms with Crippen LogP contribution in [0, 0.1) is 17.7 Å². The van der Waals surface area contributed by atoms with Gasteiger partial charge in [0.1, 0.15) is 5.82 Å². The zero-order valence-electron chi connectivity index (χ0n) is 14.3. The number of hydrogen-bond acceptors (Lipinski definition) is 3. The van der Waals surface area contributed by atoms with Crippen molar-refractivity contribution in [2.24, 2.45) is 11.8 Å². The minimum Gasteiger partial charge on any atom is -0.390 e. The van der Waals surface area contributed by atoms with E-state index in [2.05, 4.69) is 15.5 Å². The number of nitrogens with one attached hydrogen (secondary N) is 2. The second-order valence-corrected chi connectivity index (χ2v) is 8.60. The Morgan fingerprint density at radius 2 is 1.88 bits per heavy atom. The summed E-state index contributed by atoms with van der Waals surface area (Å²) in [5, 5.41) is 21.9. The zero-order valence-corrected chi connectivity index (χ0v) is 14.3. The van der Waals surface area contributed by atoms with Crippen molar-refractivity contribution in [2.45, 2.75) is 56.2 Å². The number of aromatic nitrogens is 2. The Kier molecular flexibility index (Phi) is 3.35. The van der Waals surface area contributed by atoms with E-state index >= 15 is 0 Å². The first-order chi connectivity index (χ1) is 12.0. The third kappa shape index (κ3) is 2.70. The smallest absolute Gasteiger partial charge is 0.123 e. The second-order valence-electron chi connectivity index (χ2n) is 8.60. The lowest BCUT2D eigenvalue weighted by Crippen LogP contribution is -2.64. The van der Waals surface area contributed by atoms with Crippen LogP contribution in [0.2, 0.25) is 0 Å². The highest BCUT2D eigenvalue weighted by Crippen LogP contribution is 2.57. The normalized spacial score (nSPS) is 36.1. The van der Waals surface area contributed by atoms with Gasteiger partial charge in [-0.15, -0.1) is 0 Å². The van der Waals surface area contributed by atoms with Crippen LogP contribution in [0.25, 0.3) is 11.3 Å². The van der Waals surface area contributed by atoms with Crippen LogP contribution in [0.1, 0.15) is 44.1 Å². The van der Waals surface area contributed by atoms with Crippen molar-refractivity contribution in [3.8, 4) is 11.3 Å². The van der Waals surface area contributed by atoms with E-state index in [0.29, 0.717) is 11.8 Å². The molecule has 4 bridgehead atoms. The van der Waals surface area contributed by atoms with Gasteiger partial charge in [0, 0.05) is 23.2 Å². The number of aromatic amines is 1. The Labute approximate surface area is 146 Å². The monoisotopic (exact) mass is 341 g/mol. The molecule has 0 spiro atoms. The maximum Gasteiger partial charge on any atom is 0.123 e. The van der Waals surface area contributed by atoms with Crippen LogP contribution in [0.3, 0.4) is 0 Å². The van der Waals surface area contributed by atoms with Gasteiger partial charge in [0.2, 0.25) is 0 Å². The van der Waals surface area contributed by atoms with Gasteiger partial charge in [-0.05, 0) is 74.6 Å². The second kappa shape index (κ2) is 5.39. The molecule has 4 nitrogen and oxygen atoms in total.